The van der Waals surface area contributed by atoms with Gasteiger partial charge in [0.25, 0.3) is 0 Å². The van der Waals surface area contributed by atoms with E-state index in [1.165, 1.54) is 6.33 Å². The van der Waals surface area contributed by atoms with Gasteiger partial charge >= 0.3 is 0 Å². The van der Waals surface area contributed by atoms with Crippen molar-refractivity contribution in [3.05, 3.63) is 42.5 Å². The van der Waals surface area contributed by atoms with Crippen LogP contribution in [0, 0.1) is 5.41 Å². The Morgan fingerprint density at radius 2 is 1.88 bits per heavy atom. The van der Waals surface area contributed by atoms with Gasteiger partial charge in [0.15, 0.2) is 0 Å². The molecule has 1 N–H and O–H groups in total. The van der Waals surface area contributed by atoms with Crippen LogP contribution >= 0.6 is 0 Å². The number of hydrogen-bond acceptors (Lipinski definition) is 4. The molecule has 7 heteroatoms. The van der Waals surface area contributed by atoms with Crippen LogP contribution in [0.4, 0.5) is 0 Å². The quantitative estimate of drug-likeness (QED) is 0.860. The number of carbonyl (C=O) groups excluding carboxylic acids is 2. The van der Waals surface area contributed by atoms with Crippen LogP contribution in [0.1, 0.15) is 45.7 Å². The first-order valence-corrected chi connectivity index (χ1v) is 8.69. The fourth-order valence-corrected chi connectivity index (χ4v) is 2.41. The van der Waals surface area contributed by atoms with E-state index in [1.54, 1.807) is 23.0 Å². The van der Waals surface area contributed by atoms with Crippen molar-refractivity contribution in [2.24, 2.45) is 5.41 Å². The van der Waals surface area contributed by atoms with Crippen LogP contribution < -0.4 is 5.32 Å². The molecule has 2 aromatic rings. The molecule has 0 bridgehead atoms. The van der Waals surface area contributed by atoms with Crippen molar-refractivity contribution in [1.82, 2.24) is 25.0 Å². The highest BCUT2D eigenvalue weighted by Crippen LogP contribution is 2.21. The zero-order valence-electron chi connectivity index (χ0n) is 16.1. The van der Waals surface area contributed by atoms with Gasteiger partial charge in [0, 0.05) is 25.4 Å². The molecule has 1 unspecified atom stereocenters. The lowest BCUT2D eigenvalue weighted by atomic mass is 9.96. The molecule has 2 amide bonds. The van der Waals surface area contributed by atoms with E-state index in [9.17, 15) is 9.59 Å². The molecule has 140 valence electrons. The highest BCUT2D eigenvalue weighted by molar-refractivity contribution is 5.82. The van der Waals surface area contributed by atoms with Gasteiger partial charge in [-0.1, -0.05) is 32.9 Å². The monoisotopic (exact) mass is 357 g/mol. The number of amides is 2. The van der Waals surface area contributed by atoms with Crippen molar-refractivity contribution in [2.75, 3.05) is 13.6 Å². The van der Waals surface area contributed by atoms with Crippen molar-refractivity contribution < 1.29 is 9.59 Å². The normalized spacial score (nSPS) is 12.5. The molecule has 7 nitrogen and oxygen atoms in total. The summed E-state index contributed by atoms with van der Waals surface area (Å²) in [7, 11) is 1.78. The Kier molecular flexibility index (Phi) is 6.13. The Balaban J connectivity index is 1.90. The van der Waals surface area contributed by atoms with E-state index in [2.05, 4.69) is 15.4 Å². The number of nitrogens with zero attached hydrogens (tertiary/aromatic N) is 4. The minimum Gasteiger partial charge on any atom is -0.355 e. The first-order valence-electron chi connectivity index (χ1n) is 8.69. The van der Waals surface area contributed by atoms with Gasteiger partial charge in [0.05, 0.1) is 11.7 Å². The summed E-state index contributed by atoms with van der Waals surface area (Å²) in [5.74, 6) is -0.0586. The lowest BCUT2D eigenvalue weighted by Gasteiger charge is -2.26. The molecule has 1 heterocycles. The Morgan fingerprint density at radius 1 is 1.23 bits per heavy atom. The second kappa shape index (κ2) is 8.12. The van der Waals surface area contributed by atoms with Crippen molar-refractivity contribution in [3.63, 3.8) is 0 Å². The van der Waals surface area contributed by atoms with Crippen LogP contribution in [0.5, 0.6) is 0 Å². The number of hydrogen-bond donors (Lipinski definition) is 1. The summed E-state index contributed by atoms with van der Waals surface area (Å²) in [6, 6.07) is 7.79. The lowest BCUT2D eigenvalue weighted by Crippen LogP contribution is -2.38. The second-order valence-corrected chi connectivity index (χ2v) is 7.37. The largest absolute Gasteiger partial charge is 0.355 e. The van der Waals surface area contributed by atoms with Crippen molar-refractivity contribution in [1.29, 1.82) is 0 Å². The zero-order chi connectivity index (χ0) is 19.3. The van der Waals surface area contributed by atoms with Crippen molar-refractivity contribution in [2.45, 2.75) is 40.2 Å². The summed E-state index contributed by atoms with van der Waals surface area (Å²) < 4.78 is 1.68. The average molecular weight is 357 g/mol. The van der Waals surface area contributed by atoms with E-state index in [4.69, 9.17) is 0 Å². The Labute approximate surface area is 154 Å². The van der Waals surface area contributed by atoms with Crippen LogP contribution in [0.3, 0.4) is 0 Å². The molecule has 26 heavy (non-hydrogen) atoms. The summed E-state index contributed by atoms with van der Waals surface area (Å²) in [6.07, 6.45) is 3.40. The van der Waals surface area contributed by atoms with Crippen LogP contribution in [-0.2, 0) is 9.59 Å². The fourth-order valence-electron chi connectivity index (χ4n) is 2.41. The first-order chi connectivity index (χ1) is 12.2. The molecule has 1 atom stereocenters. The molecule has 2 rings (SSSR count). The topological polar surface area (TPSA) is 80.1 Å². The SMILES string of the molecule is CC(c1ccc(-n2cncn2)cc1)N(C)C(=O)CCNC(=O)C(C)(C)C. The highest BCUT2D eigenvalue weighted by Gasteiger charge is 2.22. The predicted molar refractivity (Wildman–Crippen MR) is 99.6 cm³/mol. The molecule has 0 saturated carbocycles. The van der Waals surface area contributed by atoms with Gasteiger partial charge in [-0.3, -0.25) is 9.59 Å². The van der Waals surface area contributed by atoms with Gasteiger partial charge in [0.2, 0.25) is 11.8 Å². The molecule has 0 aliphatic carbocycles. The van der Waals surface area contributed by atoms with Gasteiger partial charge in [-0.05, 0) is 24.6 Å². The Morgan fingerprint density at radius 3 is 2.42 bits per heavy atom. The van der Waals surface area contributed by atoms with E-state index in [0.29, 0.717) is 6.54 Å². The molecule has 0 saturated heterocycles. The van der Waals surface area contributed by atoms with Gasteiger partial charge in [-0.2, -0.15) is 5.10 Å². The third-order valence-electron chi connectivity index (χ3n) is 4.34. The summed E-state index contributed by atoms with van der Waals surface area (Å²) in [5.41, 5.74) is 1.49. The van der Waals surface area contributed by atoms with E-state index < -0.39 is 5.41 Å². The number of carbonyl (C=O) groups is 2. The zero-order valence-corrected chi connectivity index (χ0v) is 16.1. The average Bonchev–Trinajstić information content (AvgIpc) is 3.14. The lowest BCUT2D eigenvalue weighted by molar-refractivity contribution is -0.132. The van der Waals surface area contributed by atoms with Crippen LogP contribution in [0.15, 0.2) is 36.9 Å². The summed E-state index contributed by atoms with van der Waals surface area (Å²) in [4.78, 5) is 29.9. The summed E-state index contributed by atoms with van der Waals surface area (Å²) in [6.45, 7) is 7.87. The number of nitrogens with one attached hydrogen (secondary N) is 1. The minimum absolute atomic E-state index is 0.00735. The van der Waals surface area contributed by atoms with E-state index in [0.717, 1.165) is 11.3 Å². The highest BCUT2D eigenvalue weighted by atomic mass is 16.2. The van der Waals surface area contributed by atoms with E-state index >= 15 is 0 Å². The molecule has 0 aliphatic rings. The molecule has 0 spiro atoms. The number of aromatic nitrogens is 3. The van der Waals surface area contributed by atoms with E-state index in [1.807, 2.05) is 52.0 Å². The van der Waals surface area contributed by atoms with Crippen LogP contribution in [0.2, 0.25) is 0 Å². The van der Waals surface area contributed by atoms with Gasteiger partial charge in [-0.25, -0.2) is 9.67 Å². The maximum absolute atomic E-state index is 12.4. The van der Waals surface area contributed by atoms with Crippen molar-refractivity contribution >= 4 is 11.8 Å². The predicted octanol–water partition coefficient (Wildman–Crippen LogP) is 2.34. The van der Waals surface area contributed by atoms with Crippen LogP contribution in [-0.4, -0.2) is 45.1 Å². The molecule has 0 aliphatic heterocycles. The Bertz CT molecular complexity index is 732. The Hall–Kier alpha value is -2.70. The first kappa shape index (κ1) is 19.6. The number of rotatable bonds is 6. The minimum atomic E-state index is -0.450. The van der Waals surface area contributed by atoms with E-state index in [-0.39, 0.29) is 24.3 Å². The maximum Gasteiger partial charge on any atom is 0.225 e. The third-order valence-corrected chi connectivity index (χ3v) is 4.34. The van der Waals surface area contributed by atoms with Gasteiger partial charge in [-0.15, -0.1) is 0 Å². The smallest absolute Gasteiger partial charge is 0.225 e. The van der Waals surface area contributed by atoms with Gasteiger partial charge in [0.1, 0.15) is 12.7 Å². The van der Waals surface area contributed by atoms with Gasteiger partial charge < -0.3 is 10.2 Å². The molecule has 0 fully saturated rings. The second-order valence-electron chi connectivity index (χ2n) is 7.37. The molecular formula is C19H27N5O2. The van der Waals surface area contributed by atoms with Crippen molar-refractivity contribution in [3.8, 4) is 5.69 Å². The molecule has 1 aromatic carbocycles. The molecule has 1 aromatic heterocycles. The fraction of sp³-hybridized carbons (Fsp3) is 0.474. The molecular weight excluding hydrogens is 330 g/mol. The third kappa shape index (κ3) is 4.91. The van der Waals surface area contributed by atoms with Crippen LogP contribution in [0.25, 0.3) is 5.69 Å². The summed E-state index contributed by atoms with van der Waals surface area (Å²) >= 11 is 0. The molecule has 0 radical (unpaired) electrons. The summed E-state index contributed by atoms with van der Waals surface area (Å²) in [5, 5.41) is 6.90. The number of benzene rings is 1. The standard InChI is InChI=1S/C19H27N5O2/c1-14(15-6-8-16(9-7-15)24-13-20-12-22-24)23(5)17(25)10-11-21-18(26)19(2,3)4/h6-9,12-14H,10-11H2,1-5H3,(H,21,26). The maximum atomic E-state index is 12.4.